The minimum atomic E-state index is -0.338. The molecule has 1 atom stereocenters. The molecule has 2 aliphatic heterocycles. The molecule has 6 heteroatoms. The van der Waals surface area contributed by atoms with Crippen molar-refractivity contribution in [1.82, 2.24) is 4.90 Å². The molecule has 30 heavy (non-hydrogen) atoms. The second kappa shape index (κ2) is 7.78. The summed E-state index contributed by atoms with van der Waals surface area (Å²) >= 11 is 0. The van der Waals surface area contributed by atoms with Crippen molar-refractivity contribution in [3.05, 3.63) is 57.9 Å². The van der Waals surface area contributed by atoms with Gasteiger partial charge in [-0.3, -0.25) is 4.90 Å². The molecule has 156 valence electrons. The largest absolute Gasteiger partial charge is 0.497 e. The molecule has 0 radical (unpaired) electrons. The zero-order valence-corrected chi connectivity index (χ0v) is 17.3. The Bertz CT molecular complexity index is 1130. The highest BCUT2D eigenvalue weighted by atomic mass is 16.5. The highest BCUT2D eigenvalue weighted by molar-refractivity contribution is 5.90. The maximum Gasteiger partial charge on any atom is 0.344 e. The average molecular weight is 407 g/mol. The first-order chi connectivity index (χ1) is 14.6. The number of nitrogens with zero attached hydrogens (tertiary/aromatic N) is 1. The van der Waals surface area contributed by atoms with Gasteiger partial charge in [-0.2, -0.15) is 0 Å². The summed E-state index contributed by atoms with van der Waals surface area (Å²) in [6.45, 7) is 4.82. The fraction of sp³-hybridized carbons (Fsp3) is 0.375. The number of ether oxygens (including phenoxy) is 3. The van der Waals surface area contributed by atoms with E-state index in [-0.39, 0.29) is 11.7 Å². The van der Waals surface area contributed by atoms with Gasteiger partial charge in [-0.15, -0.1) is 0 Å². The van der Waals surface area contributed by atoms with E-state index < -0.39 is 0 Å². The van der Waals surface area contributed by atoms with E-state index in [1.807, 2.05) is 43.3 Å². The van der Waals surface area contributed by atoms with Crippen LogP contribution < -0.4 is 15.1 Å². The number of benzene rings is 2. The molecule has 3 aromatic rings. The number of rotatable bonds is 4. The van der Waals surface area contributed by atoms with Gasteiger partial charge in [-0.05, 0) is 55.2 Å². The van der Waals surface area contributed by atoms with Gasteiger partial charge in [0, 0.05) is 25.1 Å². The normalized spacial score (nSPS) is 18.9. The highest BCUT2D eigenvalue weighted by Gasteiger charge is 2.26. The van der Waals surface area contributed by atoms with Crippen molar-refractivity contribution >= 4 is 11.0 Å². The predicted molar refractivity (Wildman–Crippen MR) is 114 cm³/mol. The van der Waals surface area contributed by atoms with E-state index >= 15 is 0 Å². The van der Waals surface area contributed by atoms with E-state index in [0.29, 0.717) is 24.4 Å². The maximum absolute atomic E-state index is 13.0. The van der Waals surface area contributed by atoms with Crippen molar-refractivity contribution in [2.75, 3.05) is 27.0 Å². The smallest absolute Gasteiger partial charge is 0.344 e. The van der Waals surface area contributed by atoms with E-state index in [4.69, 9.17) is 18.6 Å². The number of fused-ring (bicyclic) bond motifs is 3. The molecule has 0 spiro atoms. The van der Waals surface area contributed by atoms with Crippen LogP contribution in [0.5, 0.6) is 11.5 Å². The lowest BCUT2D eigenvalue weighted by Gasteiger charge is -2.30. The Labute approximate surface area is 175 Å². The molecule has 0 N–H and O–H groups in total. The van der Waals surface area contributed by atoms with Crippen LogP contribution in [0, 0.1) is 6.92 Å². The third kappa shape index (κ3) is 3.36. The summed E-state index contributed by atoms with van der Waals surface area (Å²) in [6.07, 6.45) is 2.44. The van der Waals surface area contributed by atoms with Crippen molar-refractivity contribution in [2.45, 2.75) is 32.4 Å². The van der Waals surface area contributed by atoms with Gasteiger partial charge in [-0.1, -0.05) is 12.1 Å². The van der Waals surface area contributed by atoms with Crippen molar-refractivity contribution in [3.8, 4) is 22.6 Å². The summed E-state index contributed by atoms with van der Waals surface area (Å²) in [6, 6.07) is 11.4. The second-order valence-electron chi connectivity index (χ2n) is 7.96. The predicted octanol–water partition coefficient (Wildman–Crippen LogP) is 4.11. The molecule has 5 rings (SSSR count). The van der Waals surface area contributed by atoms with Crippen LogP contribution in [0.1, 0.15) is 24.0 Å². The molecule has 1 saturated heterocycles. The van der Waals surface area contributed by atoms with Gasteiger partial charge in [0.05, 0.1) is 24.3 Å². The quantitative estimate of drug-likeness (QED) is 0.607. The molecular weight excluding hydrogens is 382 g/mol. The van der Waals surface area contributed by atoms with Gasteiger partial charge in [0.15, 0.2) is 0 Å². The van der Waals surface area contributed by atoms with Crippen LogP contribution in [0.4, 0.5) is 0 Å². The van der Waals surface area contributed by atoms with Crippen LogP contribution in [0.15, 0.2) is 45.6 Å². The summed E-state index contributed by atoms with van der Waals surface area (Å²) in [5.74, 6) is 1.53. The van der Waals surface area contributed by atoms with Gasteiger partial charge < -0.3 is 18.6 Å². The molecule has 1 fully saturated rings. The van der Waals surface area contributed by atoms with Gasteiger partial charge in [0.25, 0.3) is 0 Å². The van der Waals surface area contributed by atoms with Gasteiger partial charge in [0.2, 0.25) is 0 Å². The van der Waals surface area contributed by atoms with Crippen molar-refractivity contribution in [2.24, 2.45) is 0 Å². The minimum absolute atomic E-state index is 0.251. The fourth-order valence-corrected chi connectivity index (χ4v) is 4.45. The summed E-state index contributed by atoms with van der Waals surface area (Å²) in [5, 5.41) is 0.932. The van der Waals surface area contributed by atoms with E-state index in [2.05, 4.69) is 4.90 Å². The molecule has 3 heterocycles. The Morgan fingerprint density at radius 3 is 2.73 bits per heavy atom. The van der Waals surface area contributed by atoms with Crippen molar-refractivity contribution in [1.29, 1.82) is 0 Å². The monoisotopic (exact) mass is 407 g/mol. The molecule has 2 aromatic carbocycles. The van der Waals surface area contributed by atoms with Gasteiger partial charge in [-0.25, -0.2) is 4.79 Å². The Morgan fingerprint density at radius 2 is 2.00 bits per heavy atom. The Hall–Kier alpha value is -2.83. The first-order valence-corrected chi connectivity index (χ1v) is 10.3. The van der Waals surface area contributed by atoms with E-state index in [1.54, 1.807) is 7.11 Å². The first-order valence-electron chi connectivity index (χ1n) is 10.3. The van der Waals surface area contributed by atoms with E-state index in [9.17, 15) is 4.79 Å². The number of hydrogen-bond acceptors (Lipinski definition) is 6. The maximum atomic E-state index is 13.0. The third-order valence-corrected chi connectivity index (χ3v) is 6.04. The lowest BCUT2D eigenvalue weighted by atomic mass is 9.97. The third-order valence-electron chi connectivity index (χ3n) is 6.04. The number of aryl methyl sites for hydroxylation is 1. The Morgan fingerprint density at radius 1 is 1.17 bits per heavy atom. The van der Waals surface area contributed by atoms with Crippen LogP contribution in [0.25, 0.3) is 22.1 Å². The summed E-state index contributed by atoms with van der Waals surface area (Å²) < 4.78 is 22.8. The first kappa shape index (κ1) is 19.2. The van der Waals surface area contributed by atoms with Crippen LogP contribution in [0.3, 0.4) is 0 Å². The molecule has 6 nitrogen and oxygen atoms in total. The molecule has 0 saturated carbocycles. The summed E-state index contributed by atoms with van der Waals surface area (Å²) in [4.78, 5) is 15.2. The molecule has 1 unspecified atom stereocenters. The molecule has 0 aliphatic carbocycles. The van der Waals surface area contributed by atoms with Crippen molar-refractivity contribution in [3.63, 3.8) is 0 Å². The SMILES string of the molecule is COc1ccc(-c2c(C)c3ccc4c(c3oc2=O)CN(CC2CCCO2)CO4)cc1. The molecular formula is C24H25NO5. The van der Waals surface area contributed by atoms with Crippen molar-refractivity contribution < 1.29 is 18.6 Å². The van der Waals surface area contributed by atoms with Gasteiger partial charge >= 0.3 is 5.63 Å². The average Bonchev–Trinajstić information content (AvgIpc) is 3.27. The number of hydrogen-bond donors (Lipinski definition) is 0. The summed E-state index contributed by atoms with van der Waals surface area (Å²) in [5.41, 5.74) is 3.51. The Balaban J connectivity index is 1.54. The fourth-order valence-electron chi connectivity index (χ4n) is 4.45. The summed E-state index contributed by atoms with van der Waals surface area (Å²) in [7, 11) is 1.62. The van der Waals surface area contributed by atoms with Crippen LogP contribution in [-0.4, -0.2) is 38.0 Å². The zero-order valence-electron chi connectivity index (χ0n) is 17.3. The van der Waals surface area contributed by atoms with Crippen LogP contribution in [-0.2, 0) is 11.3 Å². The lowest BCUT2D eigenvalue weighted by molar-refractivity contribution is 0.0281. The Kier molecular flexibility index (Phi) is 4.97. The second-order valence-corrected chi connectivity index (χ2v) is 7.96. The van der Waals surface area contributed by atoms with Crippen LogP contribution in [0.2, 0.25) is 0 Å². The topological polar surface area (TPSA) is 61.1 Å². The van der Waals surface area contributed by atoms with E-state index in [1.165, 1.54) is 0 Å². The highest BCUT2D eigenvalue weighted by Crippen LogP contribution is 2.36. The molecule has 0 amide bonds. The van der Waals surface area contributed by atoms with Gasteiger partial charge in [0.1, 0.15) is 23.8 Å². The zero-order chi connectivity index (χ0) is 20.7. The molecule has 2 aliphatic rings. The van der Waals surface area contributed by atoms with E-state index in [0.717, 1.165) is 59.6 Å². The molecule has 1 aromatic heterocycles. The standard InChI is InChI=1S/C24H25NO5/c1-15-19-9-10-21-20(13-25(14-29-21)12-18-4-3-11-28-18)23(19)30-24(26)22(15)16-5-7-17(27-2)8-6-16/h5-10,18H,3-4,11-14H2,1-2H3. The minimum Gasteiger partial charge on any atom is -0.497 e. The molecule has 0 bridgehead atoms. The van der Waals surface area contributed by atoms with Crippen LogP contribution >= 0.6 is 0 Å². The number of methoxy groups -OCH3 is 1. The lowest BCUT2D eigenvalue weighted by Crippen LogP contribution is -2.37.